The Bertz CT molecular complexity index is 861. The van der Waals surface area contributed by atoms with Crippen LogP contribution in [0.25, 0.3) is 9.88 Å². The summed E-state index contributed by atoms with van der Waals surface area (Å²) in [5.74, 6) is -0.105. The number of carbonyl (C=O) groups is 1. The van der Waals surface area contributed by atoms with Crippen molar-refractivity contribution >= 4 is 61.8 Å². The number of benzene rings is 1. The van der Waals surface area contributed by atoms with Crippen LogP contribution in [0.5, 0.6) is 0 Å². The van der Waals surface area contributed by atoms with Crippen LogP contribution in [-0.4, -0.2) is 17.9 Å². The Morgan fingerprint density at radius 3 is 2.78 bits per heavy atom. The number of aryl methyl sites for hydroxylation is 1. The molecule has 23 heavy (non-hydrogen) atoms. The van der Waals surface area contributed by atoms with Gasteiger partial charge in [-0.1, -0.05) is 33.6 Å². The van der Waals surface area contributed by atoms with Gasteiger partial charge in [-0.05, 0) is 36.6 Å². The number of aromatic nitrogens is 1. The number of thiophene rings is 1. The summed E-state index contributed by atoms with van der Waals surface area (Å²) in [4.78, 5) is 20.6. The van der Waals surface area contributed by atoms with E-state index in [0.717, 1.165) is 20.1 Å². The van der Waals surface area contributed by atoms with Crippen molar-refractivity contribution in [2.24, 2.45) is 0 Å². The Labute approximate surface area is 155 Å². The molecule has 0 N–H and O–H groups in total. The van der Waals surface area contributed by atoms with Crippen LogP contribution in [0.2, 0.25) is 5.02 Å². The molecule has 3 nitrogen and oxygen atoms in total. The van der Waals surface area contributed by atoms with E-state index in [4.69, 9.17) is 11.6 Å². The highest BCUT2D eigenvalue weighted by Gasteiger charge is 2.22. The van der Waals surface area contributed by atoms with Crippen LogP contribution in [0.1, 0.15) is 15.4 Å². The molecule has 1 aromatic carbocycles. The molecule has 3 rings (SSSR count). The monoisotopic (exact) mass is 426 g/mol. The quantitative estimate of drug-likeness (QED) is 0.523. The Balaban J connectivity index is 1.94. The van der Waals surface area contributed by atoms with Gasteiger partial charge in [0.1, 0.15) is 9.88 Å². The second kappa shape index (κ2) is 6.73. The molecule has 7 heteroatoms. The third-order valence-corrected chi connectivity index (χ3v) is 6.28. The van der Waals surface area contributed by atoms with Crippen LogP contribution in [0.15, 0.2) is 40.2 Å². The Morgan fingerprint density at radius 1 is 1.35 bits per heavy atom. The van der Waals surface area contributed by atoms with Crippen molar-refractivity contribution < 1.29 is 4.79 Å². The molecule has 2 aromatic heterocycles. The molecule has 0 aliphatic heterocycles. The molecule has 3 aromatic rings. The molecule has 0 atom stereocenters. The fourth-order valence-electron chi connectivity index (χ4n) is 2.12. The van der Waals surface area contributed by atoms with Crippen LogP contribution in [0.4, 0.5) is 5.69 Å². The van der Waals surface area contributed by atoms with Crippen LogP contribution in [-0.2, 0) is 0 Å². The lowest BCUT2D eigenvalue weighted by molar-refractivity contribution is 0.0996. The summed E-state index contributed by atoms with van der Waals surface area (Å²) in [5.41, 5.74) is 1.41. The van der Waals surface area contributed by atoms with Crippen molar-refractivity contribution in [3.8, 4) is 9.88 Å². The summed E-state index contributed by atoms with van der Waals surface area (Å²) in [6.45, 7) is 1.86. The van der Waals surface area contributed by atoms with Crippen LogP contribution in [0.3, 0.4) is 0 Å². The second-order valence-electron chi connectivity index (χ2n) is 4.87. The van der Waals surface area contributed by atoms with Crippen molar-refractivity contribution in [1.29, 1.82) is 0 Å². The zero-order chi connectivity index (χ0) is 16.6. The number of anilines is 1. The van der Waals surface area contributed by atoms with Gasteiger partial charge in [0, 0.05) is 11.5 Å². The van der Waals surface area contributed by atoms with Gasteiger partial charge in [0.05, 0.1) is 21.3 Å². The normalized spacial score (nSPS) is 10.8. The summed E-state index contributed by atoms with van der Waals surface area (Å²) in [6, 6.07) is 9.44. The number of hydrogen-bond acceptors (Lipinski definition) is 4. The molecule has 0 fully saturated rings. The maximum atomic E-state index is 12.8. The van der Waals surface area contributed by atoms with Gasteiger partial charge < -0.3 is 4.90 Å². The largest absolute Gasteiger partial charge is 0.309 e. The molecular weight excluding hydrogens is 416 g/mol. The Kier molecular flexibility index (Phi) is 4.87. The number of carbonyl (C=O) groups excluding carboxylic acids is 1. The summed E-state index contributed by atoms with van der Waals surface area (Å²) < 4.78 is 0.876. The number of halogens is 2. The lowest BCUT2D eigenvalue weighted by Crippen LogP contribution is -2.26. The summed E-state index contributed by atoms with van der Waals surface area (Å²) >= 11 is 12.6. The zero-order valence-corrected chi connectivity index (χ0v) is 16.3. The predicted octanol–water partition coefficient (Wildman–Crippen LogP) is 5.87. The van der Waals surface area contributed by atoms with Crippen molar-refractivity contribution in [2.45, 2.75) is 6.92 Å². The second-order valence-corrected chi connectivity index (χ2v) is 8.14. The number of hydrogen-bond donors (Lipinski definition) is 0. The molecule has 1 amide bonds. The van der Waals surface area contributed by atoms with E-state index in [1.54, 1.807) is 29.4 Å². The standard InChI is InChI=1S/C16H12BrClN2OS2/c1-9-14(23-15(19-9)13-4-3-7-22-13)16(21)20(2)12-6-5-10(17)8-11(12)18/h3-8H,1-2H3. The lowest BCUT2D eigenvalue weighted by Gasteiger charge is -2.18. The van der Waals surface area contributed by atoms with E-state index in [2.05, 4.69) is 20.9 Å². The first kappa shape index (κ1) is 16.6. The Hall–Kier alpha value is -1.21. The van der Waals surface area contributed by atoms with Gasteiger partial charge in [-0.15, -0.1) is 22.7 Å². The summed E-state index contributed by atoms with van der Waals surface area (Å²) in [6.07, 6.45) is 0. The lowest BCUT2D eigenvalue weighted by atomic mass is 10.2. The first-order valence-corrected chi connectivity index (χ1v) is 9.58. The van der Waals surface area contributed by atoms with E-state index < -0.39 is 0 Å². The van der Waals surface area contributed by atoms with Crippen molar-refractivity contribution in [3.05, 3.63) is 55.8 Å². The molecule has 0 aliphatic rings. The molecule has 118 valence electrons. The van der Waals surface area contributed by atoms with Gasteiger partial charge in [0.25, 0.3) is 5.91 Å². The van der Waals surface area contributed by atoms with Gasteiger partial charge in [-0.3, -0.25) is 4.79 Å². The molecule has 0 bridgehead atoms. The van der Waals surface area contributed by atoms with E-state index in [1.807, 2.05) is 36.6 Å². The number of nitrogens with zero attached hydrogens (tertiary/aromatic N) is 2. The van der Waals surface area contributed by atoms with Crippen molar-refractivity contribution in [1.82, 2.24) is 4.98 Å². The van der Waals surface area contributed by atoms with Crippen LogP contribution in [0, 0.1) is 6.92 Å². The summed E-state index contributed by atoms with van der Waals surface area (Å²) in [5, 5.41) is 3.40. The third kappa shape index (κ3) is 3.35. The van der Waals surface area contributed by atoms with E-state index in [-0.39, 0.29) is 5.91 Å². The molecule has 0 radical (unpaired) electrons. The van der Waals surface area contributed by atoms with E-state index in [0.29, 0.717) is 15.6 Å². The molecule has 0 saturated carbocycles. The van der Waals surface area contributed by atoms with E-state index in [9.17, 15) is 4.79 Å². The van der Waals surface area contributed by atoms with E-state index in [1.165, 1.54) is 11.3 Å². The van der Waals surface area contributed by atoms with Gasteiger partial charge in [0.15, 0.2) is 0 Å². The SMILES string of the molecule is Cc1nc(-c2cccs2)sc1C(=O)N(C)c1ccc(Br)cc1Cl. The number of amides is 1. The van der Waals surface area contributed by atoms with Crippen molar-refractivity contribution in [2.75, 3.05) is 11.9 Å². The van der Waals surface area contributed by atoms with E-state index >= 15 is 0 Å². The van der Waals surface area contributed by atoms with Gasteiger partial charge >= 0.3 is 0 Å². The molecule has 0 aliphatic carbocycles. The maximum Gasteiger partial charge on any atom is 0.270 e. The summed E-state index contributed by atoms with van der Waals surface area (Å²) in [7, 11) is 1.72. The van der Waals surface area contributed by atoms with Gasteiger partial charge in [-0.2, -0.15) is 0 Å². The zero-order valence-electron chi connectivity index (χ0n) is 12.3. The Morgan fingerprint density at radius 2 is 2.13 bits per heavy atom. The molecule has 0 unspecified atom stereocenters. The first-order valence-electron chi connectivity index (χ1n) is 6.72. The minimum Gasteiger partial charge on any atom is -0.309 e. The minimum absolute atomic E-state index is 0.105. The fourth-order valence-corrected chi connectivity index (χ4v) is 4.75. The fraction of sp³-hybridized carbons (Fsp3) is 0.125. The highest BCUT2D eigenvalue weighted by molar-refractivity contribution is 9.10. The molecular formula is C16H12BrClN2OS2. The average Bonchev–Trinajstić information content (AvgIpc) is 3.15. The highest BCUT2D eigenvalue weighted by atomic mass is 79.9. The molecule has 2 heterocycles. The number of thiazole rings is 1. The highest BCUT2D eigenvalue weighted by Crippen LogP contribution is 2.34. The topological polar surface area (TPSA) is 33.2 Å². The van der Waals surface area contributed by atoms with Gasteiger partial charge in [-0.25, -0.2) is 4.98 Å². The molecule has 0 spiro atoms. The first-order chi connectivity index (χ1) is 11.0. The van der Waals surface area contributed by atoms with Crippen LogP contribution < -0.4 is 4.90 Å². The predicted molar refractivity (Wildman–Crippen MR) is 102 cm³/mol. The molecule has 0 saturated heterocycles. The van der Waals surface area contributed by atoms with Gasteiger partial charge in [0.2, 0.25) is 0 Å². The minimum atomic E-state index is -0.105. The van der Waals surface area contributed by atoms with Crippen molar-refractivity contribution in [3.63, 3.8) is 0 Å². The van der Waals surface area contributed by atoms with Crippen LogP contribution >= 0.6 is 50.2 Å². The average molecular weight is 428 g/mol. The third-order valence-electron chi connectivity index (χ3n) is 3.30. The maximum absolute atomic E-state index is 12.8. The smallest absolute Gasteiger partial charge is 0.270 e. The number of rotatable bonds is 3.